The van der Waals surface area contributed by atoms with E-state index in [1.54, 1.807) is 0 Å². The smallest absolute Gasteiger partial charge is 0.0781 e. The topological polar surface area (TPSA) is 24.5 Å². The fourth-order valence-electron chi connectivity index (χ4n) is 3.15. The molecule has 100 valence electrons. The van der Waals surface area contributed by atoms with Gasteiger partial charge in [0.05, 0.1) is 5.60 Å². The molecule has 0 aromatic carbocycles. The van der Waals surface area contributed by atoms with Crippen molar-refractivity contribution in [2.75, 3.05) is 26.2 Å². The second kappa shape index (κ2) is 5.68. The third kappa shape index (κ3) is 3.43. The molecule has 0 aromatic rings. The van der Waals surface area contributed by atoms with Crippen LogP contribution in [0.15, 0.2) is 0 Å². The minimum Gasteiger partial charge on any atom is -0.374 e. The van der Waals surface area contributed by atoms with Crippen LogP contribution in [0.4, 0.5) is 0 Å². The Morgan fingerprint density at radius 3 is 2.94 bits per heavy atom. The van der Waals surface area contributed by atoms with E-state index in [0.29, 0.717) is 12.1 Å². The van der Waals surface area contributed by atoms with Crippen LogP contribution in [0, 0.1) is 0 Å². The standard InChI is InChI=1S/C14H28N2O/c1-4-6-13-10-16(12(2)9-15-13)11-14(3)7-5-8-17-14/h12-13,15H,4-11H2,1-3H3. The van der Waals surface area contributed by atoms with Crippen LogP contribution in [0.3, 0.4) is 0 Å². The first-order valence-corrected chi connectivity index (χ1v) is 7.24. The normalized spacial score (nSPS) is 39.7. The first kappa shape index (κ1) is 13.3. The first-order valence-electron chi connectivity index (χ1n) is 7.24. The molecule has 1 N–H and O–H groups in total. The Morgan fingerprint density at radius 1 is 1.47 bits per heavy atom. The monoisotopic (exact) mass is 240 g/mol. The highest BCUT2D eigenvalue weighted by Crippen LogP contribution is 2.27. The maximum atomic E-state index is 5.92. The molecule has 3 heteroatoms. The summed E-state index contributed by atoms with van der Waals surface area (Å²) < 4.78 is 5.92. The molecule has 17 heavy (non-hydrogen) atoms. The van der Waals surface area contributed by atoms with Crippen LogP contribution in [0.5, 0.6) is 0 Å². The minimum atomic E-state index is 0.113. The second-order valence-electron chi connectivity index (χ2n) is 6.07. The Balaban J connectivity index is 1.88. The predicted molar refractivity (Wildman–Crippen MR) is 71.3 cm³/mol. The lowest BCUT2D eigenvalue weighted by Crippen LogP contribution is -2.58. The summed E-state index contributed by atoms with van der Waals surface area (Å²) in [7, 11) is 0. The summed E-state index contributed by atoms with van der Waals surface area (Å²) in [6, 6.07) is 1.32. The van der Waals surface area contributed by atoms with Gasteiger partial charge in [0.25, 0.3) is 0 Å². The average Bonchev–Trinajstić information content (AvgIpc) is 2.70. The van der Waals surface area contributed by atoms with Gasteiger partial charge in [-0.1, -0.05) is 13.3 Å². The highest BCUT2D eigenvalue weighted by Gasteiger charge is 2.35. The van der Waals surface area contributed by atoms with Crippen LogP contribution in [-0.2, 0) is 4.74 Å². The molecular weight excluding hydrogens is 212 g/mol. The van der Waals surface area contributed by atoms with Crippen molar-refractivity contribution in [1.82, 2.24) is 10.2 Å². The lowest BCUT2D eigenvalue weighted by Gasteiger charge is -2.42. The molecule has 3 nitrogen and oxygen atoms in total. The van der Waals surface area contributed by atoms with E-state index in [4.69, 9.17) is 4.74 Å². The van der Waals surface area contributed by atoms with Crippen LogP contribution >= 0.6 is 0 Å². The molecular formula is C14H28N2O. The van der Waals surface area contributed by atoms with Crippen molar-refractivity contribution >= 4 is 0 Å². The summed E-state index contributed by atoms with van der Waals surface area (Å²) in [6.45, 7) is 11.3. The van der Waals surface area contributed by atoms with Gasteiger partial charge in [-0.05, 0) is 33.1 Å². The summed E-state index contributed by atoms with van der Waals surface area (Å²) in [6.07, 6.45) is 5.02. The van der Waals surface area contributed by atoms with Crippen molar-refractivity contribution < 1.29 is 4.74 Å². The number of nitrogens with zero attached hydrogens (tertiary/aromatic N) is 1. The van der Waals surface area contributed by atoms with E-state index in [2.05, 4.69) is 31.0 Å². The molecule has 2 aliphatic heterocycles. The Kier molecular flexibility index (Phi) is 4.45. The van der Waals surface area contributed by atoms with E-state index in [1.165, 1.54) is 32.2 Å². The van der Waals surface area contributed by atoms with Crippen LogP contribution in [0.25, 0.3) is 0 Å². The van der Waals surface area contributed by atoms with Crippen molar-refractivity contribution in [1.29, 1.82) is 0 Å². The van der Waals surface area contributed by atoms with Gasteiger partial charge in [-0.15, -0.1) is 0 Å². The van der Waals surface area contributed by atoms with Gasteiger partial charge in [0.1, 0.15) is 0 Å². The molecule has 3 atom stereocenters. The number of ether oxygens (including phenoxy) is 1. The van der Waals surface area contributed by atoms with Crippen LogP contribution in [0.2, 0.25) is 0 Å². The lowest BCUT2D eigenvalue weighted by atomic mass is 9.99. The summed E-state index contributed by atoms with van der Waals surface area (Å²) in [5, 5.41) is 3.65. The highest BCUT2D eigenvalue weighted by atomic mass is 16.5. The fourth-order valence-corrected chi connectivity index (χ4v) is 3.15. The third-order valence-corrected chi connectivity index (χ3v) is 4.26. The maximum Gasteiger partial charge on any atom is 0.0781 e. The summed E-state index contributed by atoms with van der Waals surface area (Å²) in [5.74, 6) is 0. The van der Waals surface area contributed by atoms with Crippen molar-refractivity contribution in [2.45, 2.75) is 64.1 Å². The van der Waals surface area contributed by atoms with Crippen molar-refractivity contribution in [3.8, 4) is 0 Å². The van der Waals surface area contributed by atoms with Crippen LogP contribution in [0.1, 0.15) is 46.5 Å². The molecule has 2 saturated heterocycles. The summed E-state index contributed by atoms with van der Waals surface area (Å²) in [4.78, 5) is 2.63. The van der Waals surface area contributed by atoms with Crippen LogP contribution in [-0.4, -0.2) is 48.8 Å². The summed E-state index contributed by atoms with van der Waals surface area (Å²) >= 11 is 0. The van der Waals surface area contributed by atoms with Gasteiger partial charge < -0.3 is 10.1 Å². The third-order valence-electron chi connectivity index (χ3n) is 4.26. The van der Waals surface area contributed by atoms with Crippen molar-refractivity contribution in [2.24, 2.45) is 0 Å². The molecule has 0 bridgehead atoms. The molecule has 0 saturated carbocycles. The Morgan fingerprint density at radius 2 is 2.29 bits per heavy atom. The van der Waals surface area contributed by atoms with E-state index in [0.717, 1.165) is 19.7 Å². The second-order valence-corrected chi connectivity index (χ2v) is 6.07. The molecule has 2 aliphatic rings. The number of nitrogens with one attached hydrogen (secondary N) is 1. The van der Waals surface area contributed by atoms with Gasteiger partial charge in [-0.3, -0.25) is 4.90 Å². The fraction of sp³-hybridized carbons (Fsp3) is 1.00. The molecule has 0 aromatic heterocycles. The SMILES string of the molecule is CCCC1CN(CC2(C)CCCO2)C(C)CN1. The molecule has 0 amide bonds. The molecule has 2 fully saturated rings. The van der Waals surface area contributed by atoms with E-state index < -0.39 is 0 Å². The number of hydrogen-bond donors (Lipinski definition) is 1. The molecule has 3 unspecified atom stereocenters. The molecule has 0 radical (unpaired) electrons. The first-order chi connectivity index (χ1) is 8.13. The van der Waals surface area contributed by atoms with E-state index >= 15 is 0 Å². The lowest BCUT2D eigenvalue weighted by molar-refractivity contribution is -0.0258. The largest absolute Gasteiger partial charge is 0.374 e. The van der Waals surface area contributed by atoms with Crippen molar-refractivity contribution in [3.05, 3.63) is 0 Å². The van der Waals surface area contributed by atoms with Gasteiger partial charge in [0.2, 0.25) is 0 Å². The zero-order valence-corrected chi connectivity index (χ0v) is 11.7. The van der Waals surface area contributed by atoms with Crippen LogP contribution < -0.4 is 5.32 Å². The molecule has 0 aliphatic carbocycles. The van der Waals surface area contributed by atoms with Gasteiger partial charge in [0, 0.05) is 38.3 Å². The Bertz CT molecular complexity index is 238. The van der Waals surface area contributed by atoms with Gasteiger partial charge in [0.15, 0.2) is 0 Å². The van der Waals surface area contributed by atoms with E-state index in [-0.39, 0.29) is 5.60 Å². The highest BCUT2D eigenvalue weighted by molar-refractivity contribution is 4.90. The van der Waals surface area contributed by atoms with E-state index in [1.807, 2.05) is 0 Å². The quantitative estimate of drug-likeness (QED) is 0.813. The average molecular weight is 240 g/mol. The number of hydrogen-bond acceptors (Lipinski definition) is 3. The Labute approximate surface area is 106 Å². The predicted octanol–water partition coefficient (Wildman–Crippen LogP) is 2.02. The molecule has 2 rings (SSSR count). The van der Waals surface area contributed by atoms with Gasteiger partial charge >= 0.3 is 0 Å². The van der Waals surface area contributed by atoms with Gasteiger partial charge in [-0.25, -0.2) is 0 Å². The zero-order chi connectivity index (χ0) is 12.3. The molecule has 0 spiro atoms. The number of piperazine rings is 1. The zero-order valence-electron chi connectivity index (χ0n) is 11.7. The van der Waals surface area contributed by atoms with E-state index in [9.17, 15) is 0 Å². The Hall–Kier alpha value is -0.120. The number of rotatable bonds is 4. The van der Waals surface area contributed by atoms with Gasteiger partial charge in [-0.2, -0.15) is 0 Å². The maximum absolute atomic E-state index is 5.92. The molecule has 2 heterocycles. The summed E-state index contributed by atoms with van der Waals surface area (Å²) in [5.41, 5.74) is 0.113. The van der Waals surface area contributed by atoms with Crippen molar-refractivity contribution in [3.63, 3.8) is 0 Å². The minimum absolute atomic E-state index is 0.113.